The second-order valence-electron chi connectivity index (χ2n) is 4.18. The Morgan fingerprint density at radius 2 is 2.23 bits per heavy atom. The third kappa shape index (κ3) is 1.61. The molecule has 0 unspecified atom stereocenters. The van der Waals surface area contributed by atoms with Crippen molar-refractivity contribution in [1.82, 2.24) is 14.7 Å². The molecule has 0 radical (unpaired) electrons. The van der Waals surface area contributed by atoms with E-state index in [1.807, 2.05) is 17.9 Å². The Kier molecular flexibility index (Phi) is 2.12. The lowest BCUT2D eigenvalue weighted by Gasteiger charge is -2.36. The molecule has 0 bridgehead atoms. The van der Waals surface area contributed by atoms with Crippen molar-refractivity contribution in [3.63, 3.8) is 0 Å². The maximum Gasteiger partial charge on any atom is 0.0537 e. The third-order valence-corrected chi connectivity index (χ3v) is 2.87. The lowest BCUT2D eigenvalue weighted by molar-refractivity contribution is 0.104. The Hall–Kier alpha value is -0.830. The summed E-state index contributed by atoms with van der Waals surface area (Å²) in [7, 11) is 2.00. The minimum atomic E-state index is 0.886. The van der Waals surface area contributed by atoms with E-state index < -0.39 is 0 Å². The molecule has 1 fully saturated rings. The molecule has 3 heteroatoms. The Bertz CT molecular complexity index is 297. The van der Waals surface area contributed by atoms with Gasteiger partial charge in [-0.15, -0.1) is 0 Å². The minimum Gasteiger partial charge on any atom is -0.298 e. The van der Waals surface area contributed by atoms with E-state index in [0.29, 0.717) is 0 Å². The van der Waals surface area contributed by atoms with Gasteiger partial charge in [-0.3, -0.25) is 9.58 Å². The van der Waals surface area contributed by atoms with E-state index in [0.717, 1.165) is 12.5 Å². The molecule has 2 heterocycles. The molecule has 72 valence electrons. The fourth-order valence-electron chi connectivity index (χ4n) is 1.90. The molecule has 0 aliphatic carbocycles. The highest BCUT2D eigenvalue weighted by Gasteiger charge is 2.23. The standard InChI is InChI=1S/C10H17N3/c1-8-5-13(6-8)7-10-4-11-12(3)9(10)2/h4,8H,5-7H2,1-3H3. The van der Waals surface area contributed by atoms with Crippen LogP contribution in [0.15, 0.2) is 6.20 Å². The van der Waals surface area contributed by atoms with Crippen LogP contribution in [0.2, 0.25) is 0 Å². The Morgan fingerprint density at radius 3 is 2.69 bits per heavy atom. The molecule has 1 aliphatic rings. The second-order valence-corrected chi connectivity index (χ2v) is 4.18. The van der Waals surface area contributed by atoms with Gasteiger partial charge < -0.3 is 0 Å². The van der Waals surface area contributed by atoms with Crippen molar-refractivity contribution in [3.05, 3.63) is 17.5 Å². The van der Waals surface area contributed by atoms with Crippen molar-refractivity contribution in [3.8, 4) is 0 Å². The maximum absolute atomic E-state index is 4.24. The van der Waals surface area contributed by atoms with Crippen LogP contribution in [-0.4, -0.2) is 27.8 Å². The highest BCUT2D eigenvalue weighted by Crippen LogP contribution is 2.18. The van der Waals surface area contributed by atoms with Crippen molar-refractivity contribution in [1.29, 1.82) is 0 Å². The highest BCUT2D eigenvalue weighted by atomic mass is 15.3. The number of aryl methyl sites for hydroxylation is 1. The van der Waals surface area contributed by atoms with Gasteiger partial charge in [0.15, 0.2) is 0 Å². The first-order chi connectivity index (χ1) is 6.16. The van der Waals surface area contributed by atoms with Crippen LogP contribution >= 0.6 is 0 Å². The average Bonchev–Trinajstić information content (AvgIpc) is 2.33. The Labute approximate surface area is 79.3 Å². The molecule has 1 aliphatic heterocycles. The van der Waals surface area contributed by atoms with E-state index in [-0.39, 0.29) is 0 Å². The molecule has 0 atom stereocenters. The number of nitrogens with zero attached hydrogens (tertiary/aromatic N) is 3. The number of aromatic nitrogens is 2. The van der Waals surface area contributed by atoms with Crippen LogP contribution in [0.1, 0.15) is 18.2 Å². The van der Waals surface area contributed by atoms with Crippen molar-refractivity contribution in [2.45, 2.75) is 20.4 Å². The molecule has 0 saturated carbocycles. The van der Waals surface area contributed by atoms with Crippen LogP contribution in [0.25, 0.3) is 0 Å². The zero-order chi connectivity index (χ0) is 9.42. The van der Waals surface area contributed by atoms with Crippen LogP contribution in [0.5, 0.6) is 0 Å². The van der Waals surface area contributed by atoms with Gasteiger partial charge in [0.25, 0.3) is 0 Å². The van der Waals surface area contributed by atoms with Crippen LogP contribution < -0.4 is 0 Å². The molecule has 1 saturated heterocycles. The summed E-state index contributed by atoms with van der Waals surface area (Å²) in [4.78, 5) is 2.47. The summed E-state index contributed by atoms with van der Waals surface area (Å²) in [6, 6.07) is 0. The number of likely N-dealkylation sites (tertiary alicyclic amines) is 1. The first kappa shape index (κ1) is 8.75. The van der Waals surface area contributed by atoms with Crippen molar-refractivity contribution >= 4 is 0 Å². The van der Waals surface area contributed by atoms with E-state index >= 15 is 0 Å². The van der Waals surface area contributed by atoms with Gasteiger partial charge in [-0.2, -0.15) is 5.10 Å². The third-order valence-electron chi connectivity index (χ3n) is 2.87. The number of hydrogen-bond acceptors (Lipinski definition) is 2. The van der Waals surface area contributed by atoms with Gasteiger partial charge in [0, 0.05) is 37.9 Å². The molecule has 0 N–H and O–H groups in total. The Balaban J connectivity index is 1.98. The highest BCUT2D eigenvalue weighted by molar-refractivity contribution is 5.15. The summed E-state index contributed by atoms with van der Waals surface area (Å²) >= 11 is 0. The molecule has 3 nitrogen and oxygen atoms in total. The van der Waals surface area contributed by atoms with Crippen LogP contribution in [-0.2, 0) is 13.6 Å². The SMILES string of the molecule is Cc1c(CN2CC(C)C2)cnn1C. The van der Waals surface area contributed by atoms with Crippen molar-refractivity contribution in [2.24, 2.45) is 13.0 Å². The second kappa shape index (κ2) is 3.14. The van der Waals surface area contributed by atoms with E-state index in [1.54, 1.807) is 0 Å². The zero-order valence-electron chi connectivity index (χ0n) is 8.62. The number of hydrogen-bond donors (Lipinski definition) is 0. The maximum atomic E-state index is 4.24. The number of rotatable bonds is 2. The molecular formula is C10H17N3. The molecular weight excluding hydrogens is 162 g/mol. The predicted molar refractivity (Wildman–Crippen MR) is 52.4 cm³/mol. The lowest BCUT2D eigenvalue weighted by Crippen LogP contribution is -2.44. The van der Waals surface area contributed by atoms with Crippen molar-refractivity contribution < 1.29 is 0 Å². The summed E-state index contributed by atoms with van der Waals surface area (Å²) in [5.74, 6) is 0.886. The van der Waals surface area contributed by atoms with E-state index in [4.69, 9.17) is 0 Å². The molecule has 0 spiro atoms. The van der Waals surface area contributed by atoms with E-state index in [1.165, 1.54) is 24.3 Å². The largest absolute Gasteiger partial charge is 0.298 e. The normalized spacial score (nSPS) is 19.0. The zero-order valence-corrected chi connectivity index (χ0v) is 8.62. The molecule has 1 aromatic heterocycles. The van der Waals surface area contributed by atoms with Gasteiger partial charge in [0.05, 0.1) is 6.20 Å². The van der Waals surface area contributed by atoms with Gasteiger partial charge >= 0.3 is 0 Å². The quantitative estimate of drug-likeness (QED) is 0.679. The smallest absolute Gasteiger partial charge is 0.0537 e. The van der Waals surface area contributed by atoms with Crippen LogP contribution in [0.4, 0.5) is 0 Å². The summed E-state index contributed by atoms with van der Waals surface area (Å²) in [6.45, 7) is 7.99. The minimum absolute atomic E-state index is 0.886. The van der Waals surface area contributed by atoms with Crippen molar-refractivity contribution in [2.75, 3.05) is 13.1 Å². The van der Waals surface area contributed by atoms with Crippen LogP contribution in [0.3, 0.4) is 0 Å². The summed E-state index contributed by atoms with van der Waals surface area (Å²) in [5.41, 5.74) is 2.66. The summed E-state index contributed by atoms with van der Waals surface area (Å²) in [5, 5.41) is 4.24. The van der Waals surface area contributed by atoms with Gasteiger partial charge in [-0.1, -0.05) is 6.92 Å². The molecule has 1 aromatic rings. The van der Waals surface area contributed by atoms with Gasteiger partial charge in [-0.25, -0.2) is 0 Å². The van der Waals surface area contributed by atoms with E-state index in [2.05, 4.69) is 23.8 Å². The van der Waals surface area contributed by atoms with Gasteiger partial charge in [-0.05, 0) is 12.8 Å². The first-order valence-electron chi connectivity index (χ1n) is 4.86. The molecule has 2 rings (SSSR count). The molecule has 0 aromatic carbocycles. The Morgan fingerprint density at radius 1 is 1.54 bits per heavy atom. The van der Waals surface area contributed by atoms with Gasteiger partial charge in [0.1, 0.15) is 0 Å². The molecule has 0 amide bonds. The topological polar surface area (TPSA) is 21.1 Å². The fraction of sp³-hybridized carbons (Fsp3) is 0.700. The van der Waals surface area contributed by atoms with Crippen LogP contribution in [0, 0.1) is 12.8 Å². The average molecular weight is 179 g/mol. The fourth-order valence-corrected chi connectivity index (χ4v) is 1.90. The van der Waals surface area contributed by atoms with E-state index in [9.17, 15) is 0 Å². The lowest BCUT2D eigenvalue weighted by atomic mass is 10.0. The predicted octanol–water partition coefficient (Wildman–Crippen LogP) is 1.18. The van der Waals surface area contributed by atoms with Gasteiger partial charge in [0.2, 0.25) is 0 Å². The summed E-state index contributed by atoms with van der Waals surface area (Å²) in [6.07, 6.45) is 1.98. The summed E-state index contributed by atoms with van der Waals surface area (Å²) < 4.78 is 1.94. The monoisotopic (exact) mass is 179 g/mol. The molecule has 13 heavy (non-hydrogen) atoms. The first-order valence-corrected chi connectivity index (χ1v) is 4.86.